The van der Waals surface area contributed by atoms with Crippen molar-refractivity contribution < 1.29 is 22.5 Å². The molecule has 0 aromatic heterocycles. The molecule has 2 rings (SSSR count). The Balaban J connectivity index is 2.15. The van der Waals surface area contributed by atoms with Crippen molar-refractivity contribution in [1.29, 1.82) is 5.26 Å². The Morgan fingerprint density at radius 1 is 1.40 bits per heavy atom. The minimum atomic E-state index is -4.37. The summed E-state index contributed by atoms with van der Waals surface area (Å²) in [5.74, 6) is -0.665. The fourth-order valence-corrected chi connectivity index (χ4v) is 3.10. The third kappa shape index (κ3) is 5.29. The number of anilines is 1. The van der Waals surface area contributed by atoms with E-state index in [0.717, 1.165) is 6.07 Å². The maximum Gasteiger partial charge on any atom is 0.294 e. The van der Waals surface area contributed by atoms with E-state index in [1.54, 1.807) is 0 Å². The van der Waals surface area contributed by atoms with Crippen LogP contribution in [0.5, 0.6) is 0 Å². The number of amides is 1. The second-order valence-corrected chi connectivity index (χ2v) is 7.24. The highest BCUT2D eigenvalue weighted by Gasteiger charge is 2.22. The molecule has 25 heavy (non-hydrogen) atoms. The molecule has 2 atom stereocenters. The van der Waals surface area contributed by atoms with Gasteiger partial charge in [-0.2, -0.15) is 13.7 Å². The highest BCUT2D eigenvalue weighted by atomic mass is 32.2. The molecule has 2 N–H and O–H groups in total. The van der Waals surface area contributed by atoms with Gasteiger partial charge in [-0.15, -0.1) is 0 Å². The largest absolute Gasteiger partial charge is 0.372 e. The Morgan fingerprint density at radius 2 is 2.04 bits per heavy atom. The van der Waals surface area contributed by atoms with Gasteiger partial charge in [-0.25, -0.2) is 0 Å². The molecule has 9 heteroatoms. The lowest BCUT2D eigenvalue weighted by atomic mass is 10.2. The molecule has 1 aliphatic heterocycles. The van der Waals surface area contributed by atoms with Crippen LogP contribution in [0.2, 0.25) is 0 Å². The molecule has 1 heterocycles. The van der Waals surface area contributed by atoms with Crippen LogP contribution in [-0.2, 0) is 19.6 Å². The number of hydrogen-bond acceptors (Lipinski definition) is 6. The number of morpholine rings is 1. The Hall–Kier alpha value is -2.41. The standard InChI is InChI=1S/C16H19N3O5S/c1-11-8-19(9-12(2)24-11)10-13(7-17)16(20)18-14-4-3-5-15(6-14)25(21,22)23/h3-6,10-12H,8-9H2,1-2H3,(H,18,20)(H,21,22,23)/b13-10-. The zero-order valence-corrected chi connectivity index (χ0v) is 14.7. The molecular weight excluding hydrogens is 346 g/mol. The van der Waals surface area contributed by atoms with E-state index in [1.807, 2.05) is 24.8 Å². The van der Waals surface area contributed by atoms with Gasteiger partial charge in [-0.05, 0) is 32.0 Å². The number of carbonyl (C=O) groups is 1. The van der Waals surface area contributed by atoms with Gasteiger partial charge in [-0.3, -0.25) is 9.35 Å². The lowest BCUT2D eigenvalue weighted by molar-refractivity contribution is -0.112. The molecule has 0 saturated carbocycles. The summed E-state index contributed by atoms with van der Waals surface area (Å²) in [6.07, 6.45) is 1.43. The Kier molecular flexibility index (Phi) is 5.79. The molecule has 8 nitrogen and oxygen atoms in total. The average molecular weight is 365 g/mol. The van der Waals surface area contributed by atoms with Gasteiger partial charge >= 0.3 is 0 Å². The van der Waals surface area contributed by atoms with E-state index in [9.17, 15) is 18.5 Å². The van der Waals surface area contributed by atoms with E-state index < -0.39 is 16.0 Å². The maximum absolute atomic E-state index is 12.3. The summed E-state index contributed by atoms with van der Waals surface area (Å²) >= 11 is 0. The molecule has 1 saturated heterocycles. The minimum Gasteiger partial charge on any atom is -0.372 e. The number of benzene rings is 1. The number of nitrogens with one attached hydrogen (secondary N) is 1. The van der Waals surface area contributed by atoms with Crippen LogP contribution in [0.4, 0.5) is 5.69 Å². The molecule has 2 unspecified atom stereocenters. The second-order valence-electron chi connectivity index (χ2n) is 5.82. The molecule has 0 spiro atoms. The third-order valence-corrected chi connectivity index (χ3v) is 4.36. The predicted octanol–water partition coefficient (Wildman–Crippen LogP) is 1.39. The summed E-state index contributed by atoms with van der Waals surface area (Å²) in [6, 6.07) is 6.99. The summed E-state index contributed by atoms with van der Waals surface area (Å²) in [5.41, 5.74) is 0.0450. The first-order valence-electron chi connectivity index (χ1n) is 7.59. The molecule has 1 amide bonds. The Morgan fingerprint density at radius 3 is 2.60 bits per heavy atom. The Labute approximate surface area is 146 Å². The molecule has 1 aromatic rings. The van der Waals surface area contributed by atoms with E-state index in [2.05, 4.69) is 5.32 Å². The number of nitriles is 1. The number of rotatable bonds is 4. The van der Waals surface area contributed by atoms with Crippen LogP contribution in [0, 0.1) is 11.3 Å². The van der Waals surface area contributed by atoms with Crippen molar-refractivity contribution in [3.8, 4) is 6.07 Å². The quantitative estimate of drug-likeness (QED) is 0.470. The fraction of sp³-hybridized carbons (Fsp3) is 0.375. The molecule has 1 aliphatic rings. The van der Waals surface area contributed by atoms with E-state index in [-0.39, 0.29) is 28.4 Å². The molecule has 1 aromatic carbocycles. The van der Waals surface area contributed by atoms with Crippen molar-refractivity contribution in [2.75, 3.05) is 18.4 Å². The van der Waals surface area contributed by atoms with Gasteiger partial charge in [0.1, 0.15) is 11.6 Å². The van der Waals surface area contributed by atoms with E-state index in [1.165, 1.54) is 24.4 Å². The molecular formula is C16H19N3O5S. The molecule has 134 valence electrons. The van der Waals surface area contributed by atoms with Crippen molar-refractivity contribution in [2.45, 2.75) is 31.0 Å². The van der Waals surface area contributed by atoms with Crippen LogP contribution < -0.4 is 5.32 Å². The van der Waals surface area contributed by atoms with Crippen molar-refractivity contribution >= 4 is 21.7 Å². The van der Waals surface area contributed by atoms with Crippen LogP contribution >= 0.6 is 0 Å². The predicted molar refractivity (Wildman–Crippen MR) is 90.2 cm³/mol. The van der Waals surface area contributed by atoms with Crippen LogP contribution in [0.3, 0.4) is 0 Å². The van der Waals surface area contributed by atoms with Gasteiger partial charge in [0, 0.05) is 25.0 Å². The number of nitrogens with zero attached hydrogens (tertiary/aromatic N) is 2. The van der Waals surface area contributed by atoms with Gasteiger partial charge in [0.05, 0.1) is 17.1 Å². The summed E-state index contributed by atoms with van der Waals surface area (Å²) < 4.78 is 36.9. The fourth-order valence-electron chi connectivity index (χ4n) is 2.58. The molecule has 0 aliphatic carbocycles. The van der Waals surface area contributed by atoms with Gasteiger partial charge in [0.2, 0.25) is 0 Å². The van der Waals surface area contributed by atoms with Crippen LogP contribution in [0.15, 0.2) is 40.9 Å². The molecule has 0 radical (unpaired) electrons. The third-order valence-electron chi connectivity index (χ3n) is 3.51. The van der Waals surface area contributed by atoms with Crippen LogP contribution in [0.1, 0.15) is 13.8 Å². The zero-order chi connectivity index (χ0) is 18.6. The van der Waals surface area contributed by atoms with Crippen molar-refractivity contribution in [3.05, 3.63) is 36.0 Å². The monoisotopic (exact) mass is 365 g/mol. The summed E-state index contributed by atoms with van der Waals surface area (Å²) in [7, 11) is -4.37. The first-order valence-corrected chi connectivity index (χ1v) is 9.03. The first kappa shape index (κ1) is 18.9. The summed E-state index contributed by atoms with van der Waals surface area (Å²) in [6.45, 7) is 4.93. The zero-order valence-electron chi connectivity index (χ0n) is 13.8. The van der Waals surface area contributed by atoms with E-state index in [4.69, 9.17) is 9.29 Å². The number of hydrogen-bond donors (Lipinski definition) is 2. The normalized spacial score (nSPS) is 21.5. The average Bonchev–Trinajstić information content (AvgIpc) is 2.51. The van der Waals surface area contributed by atoms with Gasteiger partial charge in [0.25, 0.3) is 16.0 Å². The smallest absolute Gasteiger partial charge is 0.294 e. The van der Waals surface area contributed by atoms with E-state index >= 15 is 0 Å². The number of carbonyl (C=O) groups excluding carboxylic acids is 1. The first-order chi connectivity index (χ1) is 11.7. The Bertz CT molecular complexity index is 818. The maximum atomic E-state index is 12.3. The van der Waals surface area contributed by atoms with Gasteiger partial charge in [0.15, 0.2) is 0 Å². The SMILES string of the molecule is CC1CN(/C=C(/C#N)C(=O)Nc2cccc(S(=O)(=O)O)c2)CC(C)O1. The van der Waals surface area contributed by atoms with Crippen molar-refractivity contribution in [1.82, 2.24) is 4.90 Å². The highest BCUT2D eigenvalue weighted by Crippen LogP contribution is 2.17. The van der Waals surface area contributed by atoms with Gasteiger partial charge in [-0.1, -0.05) is 6.07 Å². The van der Waals surface area contributed by atoms with Gasteiger partial charge < -0.3 is 15.0 Å². The summed E-state index contributed by atoms with van der Waals surface area (Å²) in [5, 5.41) is 11.7. The minimum absolute atomic E-state index is 0.0190. The second kappa shape index (κ2) is 7.65. The van der Waals surface area contributed by atoms with Crippen molar-refractivity contribution in [3.63, 3.8) is 0 Å². The summed E-state index contributed by atoms with van der Waals surface area (Å²) in [4.78, 5) is 13.8. The highest BCUT2D eigenvalue weighted by molar-refractivity contribution is 7.85. The van der Waals surface area contributed by atoms with Crippen LogP contribution in [-0.4, -0.2) is 49.1 Å². The van der Waals surface area contributed by atoms with Crippen molar-refractivity contribution in [2.24, 2.45) is 0 Å². The van der Waals surface area contributed by atoms with E-state index in [0.29, 0.717) is 13.1 Å². The lowest BCUT2D eigenvalue weighted by Gasteiger charge is -2.34. The molecule has 0 bridgehead atoms. The number of ether oxygens (including phenoxy) is 1. The topological polar surface area (TPSA) is 120 Å². The molecule has 1 fully saturated rings. The lowest BCUT2D eigenvalue weighted by Crippen LogP contribution is -2.43. The van der Waals surface area contributed by atoms with Crippen LogP contribution in [0.25, 0.3) is 0 Å².